The lowest BCUT2D eigenvalue weighted by molar-refractivity contribution is 0.151. The van der Waals surface area contributed by atoms with Gasteiger partial charge < -0.3 is 10.1 Å². The van der Waals surface area contributed by atoms with Gasteiger partial charge in [0.1, 0.15) is 11.9 Å². The molecule has 1 aromatic carbocycles. The lowest BCUT2D eigenvalue weighted by Crippen LogP contribution is -2.29. The topological polar surface area (TPSA) is 34.2 Å². The molecule has 3 rings (SSSR count). The van der Waals surface area contributed by atoms with Crippen LogP contribution in [-0.2, 0) is 0 Å². The highest BCUT2D eigenvalue weighted by Crippen LogP contribution is 2.41. The standard InChI is InChI=1S/C16H17BrN2O/c1-2-19-14-9-16(11-4-3-7-18-10-11)20-15-6-5-12(17)8-13(14)15/h3-8,10,14,16,19H,2,9H2,1H3. The summed E-state index contributed by atoms with van der Waals surface area (Å²) in [5.74, 6) is 0.958. The molecule has 1 aliphatic rings. The lowest BCUT2D eigenvalue weighted by Gasteiger charge is -2.33. The fourth-order valence-electron chi connectivity index (χ4n) is 2.65. The number of nitrogens with zero attached hydrogens (tertiary/aromatic N) is 1. The van der Waals surface area contributed by atoms with Crippen molar-refractivity contribution in [1.82, 2.24) is 10.3 Å². The molecule has 1 aliphatic heterocycles. The van der Waals surface area contributed by atoms with Crippen molar-refractivity contribution < 1.29 is 4.74 Å². The van der Waals surface area contributed by atoms with Crippen LogP contribution in [0.5, 0.6) is 5.75 Å². The summed E-state index contributed by atoms with van der Waals surface area (Å²) in [4.78, 5) is 4.19. The van der Waals surface area contributed by atoms with Crippen LogP contribution in [0.25, 0.3) is 0 Å². The summed E-state index contributed by atoms with van der Waals surface area (Å²) in [5.41, 5.74) is 2.35. The minimum Gasteiger partial charge on any atom is -0.485 e. The number of rotatable bonds is 3. The van der Waals surface area contributed by atoms with E-state index in [0.717, 1.165) is 28.8 Å². The number of halogens is 1. The number of aromatic nitrogens is 1. The van der Waals surface area contributed by atoms with Gasteiger partial charge in [-0.15, -0.1) is 0 Å². The second-order valence-electron chi connectivity index (χ2n) is 4.92. The maximum absolute atomic E-state index is 6.15. The Balaban J connectivity index is 1.95. The van der Waals surface area contributed by atoms with Gasteiger partial charge in [0, 0.05) is 40.5 Å². The quantitative estimate of drug-likeness (QED) is 0.921. The Morgan fingerprint density at radius 1 is 1.40 bits per heavy atom. The van der Waals surface area contributed by atoms with Gasteiger partial charge in [0.2, 0.25) is 0 Å². The van der Waals surface area contributed by atoms with E-state index >= 15 is 0 Å². The van der Waals surface area contributed by atoms with Crippen LogP contribution in [0.1, 0.15) is 36.6 Å². The van der Waals surface area contributed by atoms with E-state index in [4.69, 9.17) is 4.74 Å². The predicted molar refractivity (Wildman–Crippen MR) is 82.8 cm³/mol. The van der Waals surface area contributed by atoms with Crippen molar-refractivity contribution in [2.75, 3.05) is 6.54 Å². The summed E-state index contributed by atoms with van der Waals surface area (Å²) in [6, 6.07) is 10.5. The minimum atomic E-state index is 0.0569. The normalized spacial score (nSPS) is 21.1. The van der Waals surface area contributed by atoms with Gasteiger partial charge in [0.15, 0.2) is 0 Å². The van der Waals surface area contributed by atoms with Crippen LogP contribution in [-0.4, -0.2) is 11.5 Å². The molecule has 1 aromatic heterocycles. The van der Waals surface area contributed by atoms with E-state index in [0.29, 0.717) is 6.04 Å². The fraction of sp³-hybridized carbons (Fsp3) is 0.312. The number of ether oxygens (including phenoxy) is 1. The van der Waals surface area contributed by atoms with Crippen LogP contribution in [0, 0.1) is 0 Å². The summed E-state index contributed by atoms with van der Waals surface area (Å²) in [5, 5.41) is 3.55. The predicted octanol–water partition coefficient (Wildman–Crippen LogP) is 4.02. The Labute approximate surface area is 127 Å². The smallest absolute Gasteiger partial charge is 0.127 e. The third-order valence-corrected chi connectivity index (χ3v) is 4.07. The van der Waals surface area contributed by atoms with Gasteiger partial charge in [-0.2, -0.15) is 0 Å². The van der Waals surface area contributed by atoms with Crippen LogP contribution in [0.3, 0.4) is 0 Å². The SMILES string of the molecule is CCNC1CC(c2cccnc2)Oc2ccc(Br)cc21. The Morgan fingerprint density at radius 2 is 2.30 bits per heavy atom. The molecular formula is C16H17BrN2O. The van der Waals surface area contributed by atoms with Gasteiger partial charge in [0.05, 0.1) is 0 Å². The van der Waals surface area contributed by atoms with E-state index in [1.165, 1.54) is 5.56 Å². The van der Waals surface area contributed by atoms with Crippen LogP contribution < -0.4 is 10.1 Å². The highest BCUT2D eigenvalue weighted by atomic mass is 79.9. The first kappa shape index (κ1) is 13.6. The van der Waals surface area contributed by atoms with Gasteiger partial charge in [-0.05, 0) is 30.8 Å². The molecule has 2 atom stereocenters. The molecule has 0 saturated heterocycles. The van der Waals surface area contributed by atoms with Crippen molar-refractivity contribution >= 4 is 15.9 Å². The van der Waals surface area contributed by atoms with Crippen molar-refractivity contribution in [3.63, 3.8) is 0 Å². The third kappa shape index (κ3) is 2.72. The molecule has 20 heavy (non-hydrogen) atoms. The lowest BCUT2D eigenvalue weighted by atomic mass is 9.93. The maximum atomic E-state index is 6.15. The van der Waals surface area contributed by atoms with Crippen molar-refractivity contribution in [2.45, 2.75) is 25.5 Å². The highest BCUT2D eigenvalue weighted by molar-refractivity contribution is 9.10. The van der Waals surface area contributed by atoms with E-state index in [2.05, 4.69) is 45.3 Å². The van der Waals surface area contributed by atoms with E-state index in [9.17, 15) is 0 Å². The Hall–Kier alpha value is -1.39. The average molecular weight is 333 g/mol. The molecule has 104 valence electrons. The molecule has 4 heteroatoms. The third-order valence-electron chi connectivity index (χ3n) is 3.57. The average Bonchev–Trinajstić information content (AvgIpc) is 2.49. The molecule has 2 aromatic rings. The number of benzene rings is 1. The molecule has 2 heterocycles. The molecule has 3 nitrogen and oxygen atoms in total. The van der Waals surface area contributed by atoms with E-state index in [-0.39, 0.29) is 6.10 Å². The van der Waals surface area contributed by atoms with Crippen molar-refractivity contribution in [3.05, 3.63) is 58.3 Å². The van der Waals surface area contributed by atoms with Crippen LogP contribution >= 0.6 is 15.9 Å². The van der Waals surface area contributed by atoms with Crippen LogP contribution in [0.2, 0.25) is 0 Å². The molecular weight excluding hydrogens is 316 g/mol. The number of pyridine rings is 1. The molecule has 0 bridgehead atoms. The van der Waals surface area contributed by atoms with Gasteiger partial charge in [-0.1, -0.05) is 28.9 Å². The van der Waals surface area contributed by atoms with Gasteiger partial charge in [-0.3, -0.25) is 4.98 Å². The van der Waals surface area contributed by atoms with Crippen LogP contribution in [0.15, 0.2) is 47.2 Å². The largest absolute Gasteiger partial charge is 0.485 e. The van der Waals surface area contributed by atoms with E-state index in [1.807, 2.05) is 24.4 Å². The zero-order valence-corrected chi connectivity index (χ0v) is 12.9. The molecule has 2 unspecified atom stereocenters. The second kappa shape index (κ2) is 5.94. The molecule has 0 amide bonds. The number of nitrogens with one attached hydrogen (secondary N) is 1. The summed E-state index contributed by atoms with van der Waals surface area (Å²) >= 11 is 3.54. The van der Waals surface area contributed by atoms with Gasteiger partial charge in [0.25, 0.3) is 0 Å². The van der Waals surface area contributed by atoms with Crippen molar-refractivity contribution in [3.8, 4) is 5.75 Å². The number of fused-ring (bicyclic) bond motifs is 1. The van der Waals surface area contributed by atoms with Gasteiger partial charge >= 0.3 is 0 Å². The molecule has 0 radical (unpaired) electrons. The molecule has 0 aliphatic carbocycles. The van der Waals surface area contributed by atoms with E-state index < -0.39 is 0 Å². The summed E-state index contributed by atoms with van der Waals surface area (Å²) in [6.45, 7) is 3.07. The summed E-state index contributed by atoms with van der Waals surface area (Å²) in [6.07, 6.45) is 4.65. The van der Waals surface area contributed by atoms with Crippen molar-refractivity contribution in [2.24, 2.45) is 0 Å². The van der Waals surface area contributed by atoms with Gasteiger partial charge in [-0.25, -0.2) is 0 Å². The number of hydrogen-bond acceptors (Lipinski definition) is 3. The second-order valence-corrected chi connectivity index (χ2v) is 5.84. The molecule has 1 N–H and O–H groups in total. The Kier molecular flexibility index (Phi) is 4.03. The summed E-state index contributed by atoms with van der Waals surface area (Å²) < 4.78 is 7.23. The van der Waals surface area contributed by atoms with Crippen molar-refractivity contribution in [1.29, 1.82) is 0 Å². The Morgan fingerprint density at radius 3 is 3.05 bits per heavy atom. The first-order valence-corrected chi connectivity index (χ1v) is 7.66. The van der Waals surface area contributed by atoms with Crippen LogP contribution in [0.4, 0.5) is 0 Å². The summed E-state index contributed by atoms with van der Waals surface area (Å²) in [7, 11) is 0. The zero-order chi connectivity index (χ0) is 13.9. The first-order chi connectivity index (χ1) is 9.78. The molecule has 0 saturated carbocycles. The number of hydrogen-bond donors (Lipinski definition) is 1. The Bertz CT molecular complexity index is 588. The fourth-order valence-corrected chi connectivity index (χ4v) is 3.03. The molecule has 0 spiro atoms. The van der Waals surface area contributed by atoms with E-state index in [1.54, 1.807) is 6.20 Å². The first-order valence-electron chi connectivity index (χ1n) is 6.87. The maximum Gasteiger partial charge on any atom is 0.127 e. The monoisotopic (exact) mass is 332 g/mol. The molecule has 0 fully saturated rings. The highest BCUT2D eigenvalue weighted by Gasteiger charge is 2.29. The zero-order valence-electron chi connectivity index (χ0n) is 11.3. The minimum absolute atomic E-state index is 0.0569.